The molecule has 6 nitrogen and oxygen atoms in total. The van der Waals surface area contributed by atoms with E-state index in [2.05, 4.69) is 20.4 Å². The topological polar surface area (TPSA) is 72.2 Å². The summed E-state index contributed by atoms with van der Waals surface area (Å²) in [7, 11) is 0. The monoisotopic (exact) mass is 467 g/mol. The van der Waals surface area contributed by atoms with Gasteiger partial charge in [-0.15, -0.1) is 5.10 Å². The van der Waals surface area contributed by atoms with Gasteiger partial charge in [0.1, 0.15) is 24.4 Å². The average Bonchev–Trinajstić information content (AvgIpc) is 3.14. The summed E-state index contributed by atoms with van der Waals surface area (Å²) < 4.78 is 43.0. The molecule has 2 heterocycles. The van der Waals surface area contributed by atoms with Gasteiger partial charge >= 0.3 is 0 Å². The van der Waals surface area contributed by atoms with Crippen LogP contribution in [-0.2, 0) is 0 Å². The lowest BCUT2D eigenvalue weighted by atomic mass is 9.99. The number of hydrogen-bond donors (Lipinski definition) is 1. The molecule has 1 N–H and O–H groups in total. The molecule has 1 aliphatic heterocycles. The molecule has 1 atom stereocenters. The van der Waals surface area contributed by atoms with Crippen LogP contribution in [0.25, 0.3) is 5.69 Å². The summed E-state index contributed by atoms with van der Waals surface area (Å²) in [6, 6.07) is 5.73. The van der Waals surface area contributed by atoms with Crippen LogP contribution < -0.4 is 5.32 Å². The predicted octanol–water partition coefficient (Wildman–Crippen LogP) is 4.46. The summed E-state index contributed by atoms with van der Waals surface area (Å²) in [4.78, 5) is 20.9. The number of nitrogens with one attached hydrogen (secondary N) is 1. The highest BCUT2D eigenvalue weighted by Crippen LogP contribution is 2.37. The molecule has 0 unspecified atom stereocenters. The number of rotatable bonds is 4. The molecule has 0 aliphatic carbocycles. The van der Waals surface area contributed by atoms with Crippen LogP contribution in [0.3, 0.4) is 0 Å². The fraction of sp³-hybridized carbons (Fsp3) is 0.200. The summed E-state index contributed by atoms with van der Waals surface area (Å²) in [5.74, 6) is -2.30. The van der Waals surface area contributed by atoms with E-state index >= 15 is 0 Å². The highest BCUT2D eigenvalue weighted by molar-refractivity contribution is 6.45. The first-order valence-electron chi connectivity index (χ1n) is 9.15. The van der Waals surface area contributed by atoms with Crippen molar-refractivity contribution in [1.82, 2.24) is 20.1 Å². The number of nitrogens with zero attached hydrogens (tertiary/aromatic N) is 4. The number of aromatic nitrogens is 3. The van der Waals surface area contributed by atoms with Gasteiger partial charge in [-0.3, -0.25) is 9.79 Å². The van der Waals surface area contributed by atoms with E-state index in [9.17, 15) is 18.0 Å². The van der Waals surface area contributed by atoms with Crippen molar-refractivity contribution in [1.29, 1.82) is 0 Å². The van der Waals surface area contributed by atoms with E-state index in [0.717, 1.165) is 12.1 Å². The molecule has 4 rings (SSSR count). The molecule has 11 heteroatoms. The van der Waals surface area contributed by atoms with Crippen LogP contribution in [0.15, 0.2) is 35.3 Å². The van der Waals surface area contributed by atoms with Crippen LogP contribution in [0, 0.1) is 11.6 Å². The Balaban J connectivity index is 1.98. The lowest BCUT2D eigenvalue weighted by Gasteiger charge is -2.14. The maximum absolute atomic E-state index is 14.6. The first kappa shape index (κ1) is 21.3. The summed E-state index contributed by atoms with van der Waals surface area (Å²) in [5, 5.41) is 6.71. The molecule has 0 spiro atoms. The van der Waals surface area contributed by atoms with E-state index in [1.165, 1.54) is 22.9 Å². The zero-order valence-corrected chi connectivity index (χ0v) is 17.5. The Bertz CT molecular complexity index is 1210. The van der Waals surface area contributed by atoms with Crippen molar-refractivity contribution in [3.05, 3.63) is 74.8 Å². The second-order valence-corrected chi connectivity index (χ2v) is 7.44. The second kappa shape index (κ2) is 8.32. The van der Waals surface area contributed by atoms with Crippen molar-refractivity contribution in [2.45, 2.75) is 13.0 Å². The number of halogens is 5. The number of benzene rings is 2. The van der Waals surface area contributed by atoms with Gasteiger partial charge in [-0.2, -0.15) is 0 Å². The van der Waals surface area contributed by atoms with Gasteiger partial charge in [0, 0.05) is 12.1 Å². The third-order valence-electron chi connectivity index (χ3n) is 4.65. The Morgan fingerprint density at radius 1 is 1.16 bits per heavy atom. The Morgan fingerprint density at radius 3 is 2.55 bits per heavy atom. The maximum atomic E-state index is 14.6. The molecule has 0 saturated heterocycles. The van der Waals surface area contributed by atoms with Crippen LogP contribution >= 0.6 is 23.2 Å². The summed E-state index contributed by atoms with van der Waals surface area (Å²) >= 11 is 12.6. The van der Waals surface area contributed by atoms with Crippen LogP contribution in [0.4, 0.5) is 13.2 Å². The van der Waals surface area contributed by atoms with Crippen LogP contribution in [0.2, 0.25) is 10.0 Å². The van der Waals surface area contributed by atoms with Gasteiger partial charge in [-0.25, -0.2) is 22.8 Å². The number of hydrogen-bond acceptors (Lipinski definition) is 4. The fourth-order valence-corrected chi connectivity index (χ4v) is 3.69. The van der Waals surface area contributed by atoms with Crippen LogP contribution in [0.1, 0.15) is 40.5 Å². The van der Waals surface area contributed by atoms with Gasteiger partial charge in [0.15, 0.2) is 5.82 Å². The third kappa shape index (κ3) is 3.68. The summed E-state index contributed by atoms with van der Waals surface area (Å²) in [6.07, 6.45) is 0. The largest absolute Gasteiger partial charge is 0.347 e. The molecule has 1 aliphatic rings. The molecule has 160 valence electrons. The molecule has 1 aromatic heterocycles. The normalized spacial score (nSPS) is 15.0. The zero-order chi connectivity index (χ0) is 22.3. The fourth-order valence-electron chi connectivity index (χ4n) is 3.28. The summed E-state index contributed by atoms with van der Waals surface area (Å²) in [5.41, 5.74) is 0.00402. The molecule has 2 aromatic carbocycles. The lowest BCUT2D eigenvalue weighted by molar-refractivity contribution is 0.0940. The van der Waals surface area contributed by atoms with E-state index in [-0.39, 0.29) is 50.8 Å². The maximum Gasteiger partial charge on any atom is 0.291 e. The third-order valence-corrected chi connectivity index (χ3v) is 5.45. The highest BCUT2D eigenvalue weighted by Gasteiger charge is 2.31. The minimum absolute atomic E-state index is 0.0135. The number of fused-ring (bicyclic) bond motifs is 3. The molecule has 0 bridgehead atoms. The van der Waals surface area contributed by atoms with Crippen molar-refractivity contribution in [3.63, 3.8) is 0 Å². The predicted molar refractivity (Wildman–Crippen MR) is 110 cm³/mol. The number of alkyl halides is 1. The molecular weight excluding hydrogens is 454 g/mol. The zero-order valence-electron chi connectivity index (χ0n) is 16.0. The van der Waals surface area contributed by atoms with Crippen molar-refractivity contribution < 1.29 is 18.0 Å². The second-order valence-electron chi connectivity index (χ2n) is 6.66. The van der Waals surface area contributed by atoms with Gasteiger partial charge < -0.3 is 5.32 Å². The molecule has 3 aromatic rings. The van der Waals surface area contributed by atoms with Crippen LogP contribution in [0.5, 0.6) is 0 Å². The van der Waals surface area contributed by atoms with E-state index in [1.807, 2.05) is 0 Å². The lowest BCUT2D eigenvalue weighted by Crippen LogP contribution is -2.26. The average molecular weight is 468 g/mol. The molecule has 0 radical (unpaired) electrons. The van der Waals surface area contributed by atoms with Crippen molar-refractivity contribution in [2.24, 2.45) is 4.99 Å². The van der Waals surface area contributed by atoms with Gasteiger partial charge in [-0.1, -0.05) is 29.3 Å². The van der Waals surface area contributed by atoms with E-state index in [1.54, 1.807) is 6.92 Å². The van der Waals surface area contributed by atoms with Crippen molar-refractivity contribution in [2.75, 3.05) is 13.2 Å². The molecule has 31 heavy (non-hydrogen) atoms. The number of aliphatic imine (C=N–C) groups is 1. The molecule has 0 fully saturated rings. The molecular formula is C20H14Cl2F3N5O. The minimum atomic E-state index is -0.827. The van der Waals surface area contributed by atoms with Crippen molar-refractivity contribution >= 4 is 34.8 Å². The van der Waals surface area contributed by atoms with Gasteiger partial charge in [0.05, 0.1) is 27.0 Å². The van der Waals surface area contributed by atoms with Crippen LogP contribution in [-0.4, -0.2) is 39.6 Å². The smallest absolute Gasteiger partial charge is 0.291 e. The Labute approximate surface area is 184 Å². The Morgan fingerprint density at radius 2 is 1.87 bits per heavy atom. The SMILES string of the molecule is C[C@@H]1N=C(c2c(F)cccc2F)c2c(ccc(Cl)c2Cl)-n2nc(C(=O)NCCF)nc21. The van der Waals surface area contributed by atoms with Gasteiger partial charge in [-0.05, 0) is 31.2 Å². The highest BCUT2D eigenvalue weighted by atomic mass is 35.5. The van der Waals surface area contributed by atoms with E-state index in [4.69, 9.17) is 23.2 Å². The minimum Gasteiger partial charge on any atom is -0.347 e. The molecule has 0 saturated carbocycles. The van der Waals surface area contributed by atoms with Gasteiger partial charge in [0.25, 0.3) is 5.91 Å². The van der Waals surface area contributed by atoms with E-state index < -0.39 is 30.3 Å². The first-order valence-corrected chi connectivity index (χ1v) is 9.91. The Kier molecular flexibility index (Phi) is 5.72. The number of carbonyl (C=O) groups is 1. The Hall–Kier alpha value is -2.91. The van der Waals surface area contributed by atoms with E-state index in [0.29, 0.717) is 0 Å². The first-order chi connectivity index (χ1) is 14.8. The van der Waals surface area contributed by atoms with Gasteiger partial charge in [0.2, 0.25) is 5.82 Å². The number of carbonyl (C=O) groups excluding carboxylic acids is 1. The molecule has 1 amide bonds. The van der Waals surface area contributed by atoms with Crippen molar-refractivity contribution in [3.8, 4) is 5.69 Å². The number of amides is 1. The standard InChI is InChI=1S/C20H14Cl2F3N5O/c1-9-19-28-18(20(31)26-8-7-23)29-30(19)13-6-5-10(21)16(22)15(13)17(27-9)14-11(24)3-2-4-12(14)25/h2-6,9H,7-8H2,1H3,(H,26,31)/t9-/m0/s1. The quantitative estimate of drug-likeness (QED) is 0.615. The summed E-state index contributed by atoms with van der Waals surface area (Å²) in [6.45, 7) is 0.698.